The predicted molar refractivity (Wildman–Crippen MR) is 74.3 cm³/mol. The fourth-order valence-electron chi connectivity index (χ4n) is 2.18. The quantitative estimate of drug-likeness (QED) is 0.841. The molecule has 2 aromatic rings. The van der Waals surface area contributed by atoms with Gasteiger partial charge in [0.25, 0.3) is 0 Å². The number of rotatable bonds is 2. The van der Waals surface area contributed by atoms with Crippen LogP contribution in [0.25, 0.3) is 10.9 Å². The molecule has 17 heavy (non-hydrogen) atoms. The first-order valence-corrected chi connectivity index (χ1v) is 6.19. The third kappa shape index (κ3) is 2.12. The first-order chi connectivity index (χ1) is 8.00. The lowest BCUT2D eigenvalue weighted by atomic mass is 9.96. The third-order valence-corrected chi connectivity index (χ3v) is 3.18. The molecule has 0 aliphatic carbocycles. The van der Waals surface area contributed by atoms with Crippen LogP contribution in [0.5, 0.6) is 0 Å². The Morgan fingerprint density at radius 1 is 1.00 bits per heavy atom. The molecule has 2 rings (SSSR count). The SMILES string of the molecule is CC(C)c1cc2cccc(C(C)C)c2nc1N. The van der Waals surface area contributed by atoms with Gasteiger partial charge in [0, 0.05) is 5.39 Å². The number of nitrogens with zero attached hydrogens (tertiary/aromatic N) is 1. The van der Waals surface area contributed by atoms with Gasteiger partial charge in [0.2, 0.25) is 0 Å². The van der Waals surface area contributed by atoms with E-state index in [9.17, 15) is 0 Å². The summed E-state index contributed by atoms with van der Waals surface area (Å²) < 4.78 is 0. The summed E-state index contributed by atoms with van der Waals surface area (Å²) in [7, 11) is 0. The lowest BCUT2D eigenvalue weighted by Gasteiger charge is -2.13. The monoisotopic (exact) mass is 228 g/mol. The van der Waals surface area contributed by atoms with Crippen molar-refractivity contribution in [2.24, 2.45) is 0 Å². The second-order valence-corrected chi connectivity index (χ2v) is 5.19. The molecule has 1 aromatic carbocycles. The minimum atomic E-state index is 0.412. The van der Waals surface area contributed by atoms with Crippen molar-refractivity contribution in [2.75, 3.05) is 5.73 Å². The van der Waals surface area contributed by atoms with Crippen LogP contribution in [-0.4, -0.2) is 4.98 Å². The van der Waals surface area contributed by atoms with Gasteiger partial charge in [-0.3, -0.25) is 0 Å². The van der Waals surface area contributed by atoms with Crippen molar-refractivity contribution < 1.29 is 0 Å². The van der Waals surface area contributed by atoms with Crippen molar-refractivity contribution in [3.8, 4) is 0 Å². The van der Waals surface area contributed by atoms with Crippen LogP contribution in [0, 0.1) is 0 Å². The average Bonchev–Trinajstić information content (AvgIpc) is 2.26. The highest BCUT2D eigenvalue weighted by Crippen LogP contribution is 2.29. The topological polar surface area (TPSA) is 38.9 Å². The van der Waals surface area contributed by atoms with Crippen molar-refractivity contribution in [1.29, 1.82) is 0 Å². The molecule has 2 N–H and O–H groups in total. The summed E-state index contributed by atoms with van der Waals surface area (Å²) in [6.07, 6.45) is 0. The number of fused-ring (bicyclic) bond motifs is 1. The number of nitrogens with two attached hydrogens (primary N) is 1. The van der Waals surface area contributed by atoms with E-state index in [0.717, 1.165) is 11.1 Å². The lowest BCUT2D eigenvalue weighted by molar-refractivity contribution is 0.860. The Bertz CT molecular complexity index is 542. The highest BCUT2D eigenvalue weighted by atomic mass is 14.8. The lowest BCUT2D eigenvalue weighted by Crippen LogP contribution is -2.02. The maximum atomic E-state index is 6.05. The van der Waals surface area contributed by atoms with Gasteiger partial charge >= 0.3 is 0 Å². The molecule has 0 aliphatic rings. The molecule has 0 saturated carbocycles. The number of benzene rings is 1. The van der Waals surface area contributed by atoms with Crippen LogP contribution in [0.1, 0.15) is 50.7 Å². The number of para-hydroxylation sites is 1. The van der Waals surface area contributed by atoms with E-state index < -0.39 is 0 Å². The third-order valence-electron chi connectivity index (χ3n) is 3.18. The van der Waals surface area contributed by atoms with Crippen molar-refractivity contribution >= 4 is 16.7 Å². The van der Waals surface area contributed by atoms with Crippen LogP contribution in [0.2, 0.25) is 0 Å². The van der Waals surface area contributed by atoms with Crippen LogP contribution in [0.15, 0.2) is 24.3 Å². The van der Waals surface area contributed by atoms with Gasteiger partial charge in [0.05, 0.1) is 5.52 Å². The summed E-state index contributed by atoms with van der Waals surface area (Å²) >= 11 is 0. The summed E-state index contributed by atoms with van der Waals surface area (Å²) in [6, 6.07) is 8.52. The summed E-state index contributed by atoms with van der Waals surface area (Å²) in [4.78, 5) is 4.60. The van der Waals surface area contributed by atoms with Gasteiger partial charge in [0.15, 0.2) is 0 Å². The molecule has 0 fully saturated rings. The van der Waals surface area contributed by atoms with Crippen LogP contribution < -0.4 is 5.73 Å². The van der Waals surface area contributed by atoms with E-state index in [-0.39, 0.29) is 0 Å². The molecular weight excluding hydrogens is 208 g/mol. The number of nitrogen functional groups attached to an aromatic ring is 1. The zero-order valence-electron chi connectivity index (χ0n) is 11.0. The van der Waals surface area contributed by atoms with E-state index in [2.05, 4.69) is 56.9 Å². The highest BCUT2D eigenvalue weighted by Gasteiger charge is 2.11. The summed E-state index contributed by atoms with van der Waals surface area (Å²) in [5, 5.41) is 1.19. The molecule has 90 valence electrons. The second kappa shape index (κ2) is 4.36. The molecule has 0 bridgehead atoms. The standard InChI is InChI=1S/C15H20N2/c1-9(2)12-7-5-6-11-8-13(10(3)4)15(16)17-14(11)12/h5-10H,1-4H3,(H2,16,17). The number of hydrogen-bond acceptors (Lipinski definition) is 2. The van der Waals surface area contributed by atoms with Crippen molar-refractivity contribution in [3.63, 3.8) is 0 Å². The van der Waals surface area contributed by atoms with Crippen molar-refractivity contribution in [2.45, 2.75) is 39.5 Å². The summed E-state index contributed by atoms with van der Waals surface area (Å²) in [5.41, 5.74) is 9.50. The van der Waals surface area contributed by atoms with E-state index in [1.54, 1.807) is 0 Å². The highest BCUT2D eigenvalue weighted by molar-refractivity contribution is 5.85. The molecule has 0 spiro atoms. The molecule has 0 saturated heterocycles. The Kier molecular flexibility index (Phi) is 3.05. The Balaban J connectivity index is 2.73. The van der Waals surface area contributed by atoms with Gasteiger partial charge in [-0.2, -0.15) is 0 Å². The van der Waals surface area contributed by atoms with Crippen molar-refractivity contribution in [1.82, 2.24) is 4.98 Å². The molecule has 1 aromatic heterocycles. The first-order valence-electron chi connectivity index (χ1n) is 6.19. The Hall–Kier alpha value is -1.57. The molecule has 0 amide bonds. The Morgan fingerprint density at radius 3 is 2.24 bits per heavy atom. The minimum Gasteiger partial charge on any atom is -0.383 e. The number of pyridine rings is 1. The average molecular weight is 228 g/mol. The van der Waals surface area contributed by atoms with Crippen molar-refractivity contribution in [3.05, 3.63) is 35.4 Å². The minimum absolute atomic E-state index is 0.412. The molecule has 0 unspecified atom stereocenters. The molecule has 1 heterocycles. The molecular formula is C15H20N2. The van der Waals surface area contributed by atoms with E-state index in [1.807, 2.05) is 0 Å². The molecule has 0 atom stereocenters. The van der Waals surface area contributed by atoms with E-state index in [0.29, 0.717) is 17.7 Å². The Morgan fingerprint density at radius 2 is 1.65 bits per heavy atom. The molecule has 2 heteroatoms. The summed E-state index contributed by atoms with van der Waals surface area (Å²) in [6.45, 7) is 8.66. The van der Waals surface area contributed by atoms with Crippen LogP contribution in [-0.2, 0) is 0 Å². The van der Waals surface area contributed by atoms with Gasteiger partial charge in [-0.15, -0.1) is 0 Å². The van der Waals surface area contributed by atoms with Crippen LogP contribution >= 0.6 is 0 Å². The van der Waals surface area contributed by atoms with Crippen LogP contribution in [0.3, 0.4) is 0 Å². The molecule has 2 nitrogen and oxygen atoms in total. The summed E-state index contributed by atoms with van der Waals surface area (Å²) in [5.74, 6) is 1.55. The van der Waals surface area contributed by atoms with E-state index >= 15 is 0 Å². The Labute approximate surface area is 103 Å². The van der Waals surface area contributed by atoms with Gasteiger partial charge in [0.1, 0.15) is 5.82 Å². The normalized spacial score (nSPS) is 11.6. The van der Waals surface area contributed by atoms with Crippen LogP contribution in [0.4, 0.5) is 5.82 Å². The number of hydrogen-bond donors (Lipinski definition) is 1. The fourth-order valence-corrected chi connectivity index (χ4v) is 2.18. The second-order valence-electron chi connectivity index (χ2n) is 5.19. The molecule has 0 aliphatic heterocycles. The van der Waals surface area contributed by atoms with Gasteiger partial charge in [-0.05, 0) is 29.0 Å². The smallest absolute Gasteiger partial charge is 0.127 e. The first kappa shape index (κ1) is 11.9. The molecule has 0 radical (unpaired) electrons. The maximum absolute atomic E-state index is 6.05. The van der Waals surface area contributed by atoms with Gasteiger partial charge in [-0.25, -0.2) is 4.98 Å². The largest absolute Gasteiger partial charge is 0.383 e. The number of anilines is 1. The van der Waals surface area contributed by atoms with E-state index in [4.69, 9.17) is 5.73 Å². The number of aromatic nitrogens is 1. The zero-order chi connectivity index (χ0) is 12.6. The zero-order valence-corrected chi connectivity index (χ0v) is 11.0. The van der Waals surface area contributed by atoms with Gasteiger partial charge < -0.3 is 5.73 Å². The van der Waals surface area contributed by atoms with E-state index in [1.165, 1.54) is 10.9 Å². The maximum Gasteiger partial charge on any atom is 0.127 e. The fraction of sp³-hybridized carbons (Fsp3) is 0.400. The van der Waals surface area contributed by atoms with Gasteiger partial charge in [-0.1, -0.05) is 45.9 Å². The predicted octanol–water partition coefficient (Wildman–Crippen LogP) is 4.06.